The molecular weight excluding hydrogens is 344 g/mol. The molecule has 1 amide bonds. The third-order valence-corrected chi connectivity index (χ3v) is 5.14. The van der Waals surface area contributed by atoms with Crippen molar-refractivity contribution < 1.29 is 4.79 Å². The van der Waals surface area contributed by atoms with Gasteiger partial charge in [0.05, 0.1) is 17.1 Å². The van der Waals surface area contributed by atoms with Crippen molar-refractivity contribution in [2.75, 3.05) is 13.1 Å². The summed E-state index contributed by atoms with van der Waals surface area (Å²) in [6.07, 6.45) is 0.778. The molecule has 24 heavy (non-hydrogen) atoms. The van der Waals surface area contributed by atoms with Crippen LogP contribution in [-0.2, 0) is 6.54 Å². The normalized spacial score (nSPS) is 11.1. The Balaban J connectivity index is 1.84. The van der Waals surface area contributed by atoms with Crippen LogP contribution in [0.5, 0.6) is 0 Å². The van der Waals surface area contributed by atoms with Crippen LogP contribution in [0.25, 0.3) is 10.2 Å². The highest BCUT2D eigenvalue weighted by Crippen LogP contribution is 2.29. The lowest BCUT2D eigenvalue weighted by Crippen LogP contribution is -2.25. The molecule has 0 spiro atoms. The van der Waals surface area contributed by atoms with Gasteiger partial charge in [-0.05, 0) is 43.7 Å². The number of nitrogens with two attached hydrogens (primary N) is 1. The molecule has 2 heterocycles. The van der Waals surface area contributed by atoms with Gasteiger partial charge in [0.1, 0.15) is 4.83 Å². The Bertz CT molecular complexity index is 853. The number of carbonyl (C=O) groups is 1. The van der Waals surface area contributed by atoms with Gasteiger partial charge in [0.25, 0.3) is 5.91 Å². The number of fused-ring (bicyclic) bond motifs is 1. The highest BCUT2D eigenvalue weighted by molar-refractivity contribution is 7.20. The van der Waals surface area contributed by atoms with Gasteiger partial charge in [-0.25, -0.2) is 0 Å². The second-order valence-corrected chi connectivity index (χ2v) is 7.06. The molecule has 126 valence electrons. The van der Waals surface area contributed by atoms with E-state index in [0.717, 1.165) is 27.9 Å². The lowest BCUT2D eigenvalue weighted by Gasteiger charge is -2.03. The summed E-state index contributed by atoms with van der Waals surface area (Å²) in [6, 6.07) is 9.63. The van der Waals surface area contributed by atoms with E-state index in [2.05, 4.69) is 10.4 Å². The number of rotatable bonds is 6. The predicted octanol–water partition coefficient (Wildman–Crippen LogP) is 3.19. The molecule has 2 aromatic heterocycles. The Labute approximate surface area is 149 Å². The van der Waals surface area contributed by atoms with E-state index in [1.165, 1.54) is 11.3 Å². The van der Waals surface area contributed by atoms with Crippen LogP contribution in [0.15, 0.2) is 30.3 Å². The monoisotopic (exact) mass is 362 g/mol. The van der Waals surface area contributed by atoms with Crippen LogP contribution in [0, 0.1) is 6.92 Å². The average molecular weight is 363 g/mol. The molecule has 7 heteroatoms. The van der Waals surface area contributed by atoms with E-state index < -0.39 is 0 Å². The molecule has 0 aliphatic carbocycles. The van der Waals surface area contributed by atoms with Crippen LogP contribution >= 0.6 is 22.9 Å². The van der Waals surface area contributed by atoms with Crippen molar-refractivity contribution in [3.05, 3.63) is 51.5 Å². The number of aryl methyl sites for hydroxylation is 1. The van der Waals surface area contributed by atoms with Crippen molar-refractivity contribution >= 4 is 39.1 Å². The van der Waals surface area contributed by atoms with E-state index in [4.69, 9.17) is 17.3 Å². The van der Waals surface area contributed by atoms with Gasteiger partial charge in [0.15, 0.2) is 0 Å². The molecule has 0 atom stereocenters. The molecular formula is C17H19ClN4OS. The van der Waals surface area contributed by atoms with E-state index in [1.807, 2.05) is 41.9 Å². The Kier molecular flexibility index (Phi) is 5.18. The smallest absolute Gasteiger partial charge is 0.261 e. The highest BCUT2D eigenvalue weighted by atomic mass is 35.5. The van der Waals surface area contributed by atoms with E-state index in [0.29, 0.717) is 29.5 Å². The summed E-state index contributed by atoms with van der Waals surface area (Å²) in [6.45, 7) is 3.78. The first-order chi connectivity index (χ1) is 11.6. The maximum Gasteiger partial charge on any atom is 0.261 e. The summed E-state index contributed by atoms with van der Waals surface area (Å²) >= 11 is 7.40. The van der Waals surface area contributed by atoms with Gasteiger partial charge in [-0.1, -0.05) is 23.7 Å². The number of hydrogen-bond acceptors (Lipinski definition) is 4. The largest absolute Gasteiger partial charge is 0.351 e. The number of halogens is 1. The first-order valence-electron chi connectivity index (χ1n) is 7.78. The SMILES string of the molecule is Cc1nn(Cc2ccc(Cl)cc2)c2sc(C(=O)NCCCN)cc12. The summed E-state index contributed by atoms with van der Waals surface area (Å²) in [5.41, 5.74) is 7.50. The fraction of sp³-hybridized carbons (Fsp3) is 0.294. The molecule has 0 saturated carbocycles. The van der Waals surface area contributed by atoms with Gasteiger partial charge in [0, 0.05) is 17.0 Å². The molecule has 0 unspecified atom stereocenters. The average Bonchev–Trinajstić information content (AvgIpc) is 3.12. The van der Waals surface area contributed by atoms with E-state index in [9.17, 15) is 4.79 Å². The standard InChI is InChI=1S/C17H19ClN4OS/c1-11-14-9-15(16(23)20-8-2-7-19)24-17(14)22(21-11)10-12-3-5-13(18)6-4-12/h3-6,9H,2,7-8,10,19H2,1H3,(H,20,23). The van der Waals surface area contributed by atoms with E-state index >= 15 is 0 Å². The number of hydrogen-bond donors (Lipinski definition) is 2. The number of carbonyl (C=O) groups excluding carboxylic acids is 1. The van der Waals surface area contributed by atoms with E-state index in [-0.39, 0.29) is 5.91 Å². The van der Waals surface area contributed by atoms with Crippen LogP contribution in [0.4, 0.5) is 0 Å². The zero-order chi connectivity index (χ0) is 17.1. The predicted molar refractivity (Wildman–Crippen MR) is 98.9 cm³/mol. The van der Waals surface area contributed by atoms with Gasteiger partial charge in [-0.15, -0.1) is 11.3 Å². The third kappa shape index (κ3) is 3.61. The summed E-state index contributed by atoms with van der Waals surface area (Å²) in [5.74, 6) is -0.0536. The van der Waals surface area contributed by atoms with Gasteiger partial charge < -0.3 is 11.1 Å². The Morgan fingerprint density at radius 2 is 2.12 bits per heavy atom. The van der Waals surface area contributed by atoms with Crippen molar-refractivity contribution in [2.45, 2.75) is 19.9 Å². The number of nitrogens with one attached hydrogen (secondary N) is 1. The van der Waals surface area contributed by atoms with Crippen molar-refractivity contribution in [3.63, 3.8) is 0 Å². The van der Waals surface area contributed by atoms with Crippen LogP contribution in [0.1, 0.15) is 27.3 Å². The molecule has 1 aromatic carbocycles. The maximum atomic E-state index is 12.2. The fourth-order valence-corrected chi connectivity index (χ4v) is 3.69. The number of thiophene rings is 1. The molecule has 0 aliphatic heterocycles. The molecule has 3 N–H and O–H groups in total. The number of amides is 1. The second kappa shape index (κ2) is 7.34. The van der Waals surface area contributed by atoms with Gasteiger partial charge in [-0.3, -0.25) is 9.48 Å². The van der Waals surface area contributed by atoms with Crippen molar-refractivity contribution in [2.24, 2.45) is 5.73 Å². The number of nitrogens with zero attached hydrogens (tertiary/aromatic N) is 2. The quantitative estimate of drug-likeness (QED) is 0.661. The minimum atomic E-state index is -0.0536. The van der Waals surface area contributed by atoms with Crippen molar-refractivity contribution in [1.29, 1.82) is 0 Å². The Morgan fingerprint density at radius 1 is 1.38 bits per heavy atom. The maximum absolute atomic E-state index is 12.2. The van der Waals surface area contributed by atoms with Crippen molar-refractivity contribution in [1.82, 2.24) is 15.1 Å². The number of aromatic nitrogens is 2. The molecule has 3 rings (SSSR count). The Morgan fingerprint density at radius 3 is 2.83 bits per heavy atom. The van der Waals surface area contributed by atoms with Crippen LogP contribution < -0.4 is 11.1 Å². The molecule has 0 aliphatic rings. The molecule has 0 fully saturated rings. The third-order valence-electron chi connectivity index (χ3n) is 3.74. The van der Waals surface area contributed by atoms with Crippen molar-refractivity contribution in [3.8, 4) is 0 Å². The molecule has 5 nitrogen and oxygen atoms in total. The minimum Gasteiger partial charge on any atom is -0.351 e. The van der Waals surface area contributed by atoms with Crippen LogP contribution in [-0.4, -0.2) is 28.8 Å². The summed E-state index contributed by atoms with van der Waals surface area (Å²) < 4.78 is 1.94. The lowest BCUT2D eigenvalue weighted by atomic mass is 10.2. The van der Waals surface area contributed by atoms with Gasteiger partial charge in [0.2, 0.25) is 0 Å². The van der Waals surface area contributed by atoms with Crippen LogP contribution in [0.2, 0.25) is 5.02 Å². The summed E-state index contributed by atoms with van der Waals surface area (Å²) in [5, 5.41) is 9.22. The van der Waals surface area contributed by atoms with Crippen LogP contribution in [0.3, 0.4) is 0 Å². The van der Waals surface area contributed by atoms with E-state index in [1.54, 1.807) is 0 Å². The Hall–Kier alpha value is -1.89. The molecule has 0 bridgehead atoms. The summed E-state index contributed by atoms with van der Waals surface area (Å²) in [4.78, 5) is 13.9. The zero-order valence-electron chi connectivity index (χ0n) is 13.4. The molecule has 0 saturated heterocycles. The van der Waals surface area contributed by atoms with Gasteiger partial charge >= 0.3 is 0 Å². The summed E-state index contributed by atoms with van der Waals surface area (Å²) in [7, 11) is 0. The first-order valence-corrected chi connectivity index (χ1v) is 8.97. The second-order valence-electron chi connectivity index (χ2n) is 5.60. The zero-order valence-corrected chi connectivity index (χ0v) is 15.0. The lowest BCUT2D eigenvalue weighted by molar-refractivity contribution is 0.0957. The molecule has 0 radical (unpaired) electrons. The number of benzene rings is 1. The minimum absolute atomic E-state index is 0.0536. The topological polar surface area (TPSA) is 72.9 Å². The first kappa shape index (κ1) is 17.0. The van der Waals surface area contributed by atoms with Gasteiger partial charge in [-0.2, -0.15) is 5.10 Å². The fourth-order valence-electron chi connectivity index (χ4n) is 2.49. The highest BCUT2D eigenvalue weighted by Gasteiger charge is 2.16. The molecule has 3 aromatic rings.